The summed E-state index contributed by atoms with van der Waals surface area (Å²) in [5.74, 6) is -1.29. The quantitative estimate of drug-likeness (QED) is 0.878. The van der Waals surface area contributed by atoms with Gasteiger partial charge in [-0.25, -0.2) is 9.78 Å². The van der Waals surface area contributed by atoms with E-state index in [2.05, 4.69) is 4.98 Å². The topological polar surface area (TPSA) is 79.7 Å². The molecule has 6 heteroatoms. The van der Waals surface area contributed by atoms with Gasteiger partial charge in [0.25, 0.3) is 5.91 Å². The number of hydrogen-bond acceptors (Lipinski definition) is 4. The van der Waals surface area contributed by atoms with Crippen molar-refractivity contribution in [2.75, 3.05) is 20.2 Å². The molecule has 1 aliphatic rings. The van der Waals surface area contributed by atoms with Crippen LogP contribution < -0.4 is 0 Å². The van der Waals surface area contributed by atoms with E-state index in [4.69, 9.17) is 9.84 Å². The SMILES string of the molecule is CN(CC1CCCO1)C(=O)c1ccc(C(=O)O)nc1. The predicted molar refractivity (Wildman–Crippen MR) is 67.1 cm³/mol. The molecule has 1 aromatic heterocycles. The fourth-order valence-corrected chi connectivity index (χ4v) is 2.04. The lowest BCUT2D eigenvalue weighted by molar-refractivity contribution is 0.0586. The van der Waals surface area contributed by atoms with Gasteiger partial charge in [-0.2, -0.15) is 0 Å². The first kappa shape index (κ1) is 13.5. The molecule has 0 spiro atoms. The molecule has 2 rings (SSSR count). The molecule has 1 aromatic rings. The Kier molecular flexibility index (Phi) is 4.11. The molecule has 0 radical (unpaired) electrons. The minimum absolute atomic E-state index is 0.0710. The molecule has 1 atom stereocenters. The summed E-state index contributed by atoms with van der Waals surface area (Å²) in [6.07, 6.45) is 3.38. The molecular formula is C13H16N2O4. The Hall–Kier alpha value is -1.95. The highest BCUT2D eigenvalue weighted by Crippen LogP contribution is 2.14. The van der Waals surface area contributed by atoms with Gasteiger partial charge in [0.1, 0.15) is 5.69 Å². The van der Waals surface area contributed by atoms with Gasteiger partial charge >= 0.3 is 5.97 Å². The molecule has 1 fully saturated rings. The Morgan fingerprint density at radius 1 is 1.53 bits per heavy atom. The number of hydrogen-bond donors (Lipinski definition) is 1. The van der Waals surface area contributed by atoms with Crippen molar-refractivity contribution >= 4 is 11.9 Å². The zero-order chi connectivity index (χ0) is 13.8. The molecular weight excluding hydrogens is 248 g/mol. The molecule has 1 aliphatic heterocycles. The number of rotatable bonds is 4. The largest absolute Gasteiger partial charge is 0.477 e. The number of carbonyl (C=O) groups is 2. The first-order valence-corrected chi connectivity index (χ1v) is 6.14. The summed E-state index contributed by atoms with van der Waals surface area (Å²) < 4.78 is 5.47. The Morgan fingerprint density at radius 2 is 2.32 bits per heavy atom. The number of ether oxygens (including phenoxy) is 1. The first-order valence-electron chi connectivity index (χ1n) is 6.14. The number of carboxylic acids is 1. The number of carbonyl (C=O) groups excluding carboxylic acids is 1. The van der Waals surface area contributed by atoms with Crippen molar-refractivity contribution in [2.24, 2.45) is 0 Å². The fraction of sp³-hybridized carbons (Fsp3) is 0.462. The van der Waals surface area contributed by atoms with E-state index in [0.717, 1.165) is 19.4 Å². The number of carboxylic acid groups (broad SMARTS) is 1. The van der Waals surface area contributed by atoms with Crippen LogP contribution >= 0.6 is 0 Å². The molecule has 2 heterocycles. The summed E-state index contributed by atoms with van der Waals surface area (Å²) in [7, 11) is 1.70. The van der Waals surface area contributed by atoms with Crippen LogP contribution in [-0.4, -0.2) is 53.2 Å². The third kappa shape index (κ3) is 3.29. The maximum atomic E-state index is 12.1. The third-order valence-corrected chi connectivity index (χ3v) is 3.08. The lowest BCUT2D eigenvalue weighted by atomic mass is 10.2. The van der Waals surface area contributed by atoms with Crippen molar-refractivity contribution in [1.82, 2.24) is 9.88 Å². The molecule has 102 valence electrons. The molecule has 0 aromatic carbocycles. The van der Waals surface area contributed by atoms with E-state index in [0.29, 0.717) is 12.1 Å². The normalized spacial score (nSPS) is 18.3. The van der Waals surface area contributed by atoms with Gasteiger partial charge in [0.2, 0.25) is 0 Å². The number of aromatic carboxylic acids is 1. The molecule has 0 bridgehead atoms. The maximum Gasteiger partial charge on any atom is 0.354 e. The van der Waals surface area contributed by atoms with Crippen LogP contribution in [0.3, 0.4) is 0 Å². The van der Waals surface area contributed by atoms with Crippen LogP contribution in [0.1, 0.15) is 33.7 Å². The summed E-state index contributed by atoms with van der Waals surface area (Å²) in [6, 6.07) is 2.81. The van der Waals surface area contributed by atoms with Crippen molar-refractivity contribution in [3.05, 3.63) is 29.6 Å². The Bertz CT molecular complexity index is 466. The zero-order valence-electron chi connectivity index (χ0n) is 10.7. The highest BCUT2D eigenvalue weighted by atomic mass is 16.5. The van der Waals surface area contributed by atoms with E-state index in [1.54, 1.807) is 11.9 Å². The summed E-state index contributed by atoms with van der Waals surface area (Å²) in [5.41, 5.74) is 0.309. The summed E-state index contributed by atoms with van der Waals surface area (Å²) in [5, 5.41) is 8.74. The monoisotopic (exact) mass is 264 g/mol. The van der Waals surface area contributed by atoms with Crippen LogP contribution in [0.15, 0.2) is 18.3 Å². The molecule has 1 N–H and O–H groups in total. The number of pyridine rings is 1. The number of likely N-dealkylation sites (N-methyl/N-ethyl adjacent to an activating group) is 1. The highest BCUT2D eigenvalue weighted by molar-refractivity contribution is 5.94. The smallest absolute Gasteiger partial charge is 0.354 e. The van der Waals surface area contributed by atoms with Gasteiger partial charge in [0, 0.05) is 26.4 Å². The second-order valence-electron chi connectivity index (χ2n) is 4.56. The van der Waals surface area contributed by atoms with E-state index in [9.17, 15) is 9.59 Å². The van der Waals surface area contributed by atoms with Crippen LogP contribution in [0.5, 0.6) is 0 Å². The molecule has 19 heavy (non-hydrogen) atoms. The average Bonchev–Trinajstić information content (AvgIpc) is 2.90. The summed E-state index contributed by atoms with van der Waals surface area (Å²) in [4.78, 5) is 28.1. The maximum absolute atomic E-state index is 12.1. The minimum Gasteiger partial charge on any atom is -0.477 e. The highest BCUT2D eigenvalue weighted by Gasteiger charge is 2.21. The first-order chi connectivity index (χ1) is 9.08. The minimum atomic E-state index is -1.10. The van der Waals surface area contributed by atoms with Gasteiger partial charge in [0.05, 0.1) is 11.7 Å². The van der Waals surface area contributed by atoms with Gasteiger partial charge in [0.15, 0.2) is 0 Å². The molecule has 6 nitrogen and oxygen atoms in total. The van der Waals surface area contributed by atoms with Crippen molar-refractivity contribution in [1.29, 1.82) is 0 Å². The predicted octanol–water partition coefficient (Wildman–Crippen LogP) is 1.03. The van der Waals surface area contributed by atoms with Gasteiger partial charge in [-0.05, 0) is 25.0 Å². The van der Waals surface area contributed by atoms with E-state index < -0.39 is 5.97 Å². The van der Waals surface area contributed by atoms with Crippen molar-refractivity contribution < 1.29 is 19.4 Å². The number of nitrogens with zero attached hydrogens (tertiary/aromatic N) is 2. The lowest BCUT2D eigenvalue weighted by Gasteiger charge is -2.20. The van der Waals surface area contributed by atoms with Crippen molar-refractivity contribution in [3.63, 3.8) is 0 Å². The average molecular weight is 264 g/mol. The number of amides is 1. The summed E-state index contributed by atoms with van der Waals surface area (Å²) in [6.45, 7) is 1.29. The van der Waals surface area contributed by atoms with Gasteiger partial charge < -0.3 is 14.7 Å². The molecule has 1 saturated heterocycles. The van der Waals surface area contributed by atoms with Crippen LogP contribution in [-0.2, 0) is 4.74 Å². The standard InChI is InChI=1S/C13H16N2O4/c1-15(8-10-3-2-6-19-10)12(16)9-4-5-11(13(17)18)14-7-9/h4-5,7,10H,2-3,6,8H2,1H3,(H,17,18). The van der Waals surface area contributed by atoms with Crippen LogP contribution in [0.25, 0.3) is 0 Å². The van der Waals surface area contributed by atoms with Gasteiger partial charge in [-0.3, -0.25) is 4.79 Å². The molecule has 0 aliphatic carbocycles. The Labute approximate surface area is 111 Å². The Morgan fingerprint density at radius 3 is 2.84 bits per heavy atom. The van der Waals surface area contributed by atoms with E-state index in [1.165, 1.54) is 18.3 Å². The van der Waals surface area contributed by atoms with E-state index >= 15 is 0 Å². The molecule has 1 amide bonds. The van der Waals surface area contributed by atoms with Gasteiger partial charge in [-0.15, -0.1) is 0 Å². The Balaban J connectivity index is 1.99. The van der Waals surface area contributed by atoms with Crippen molar-refractivity contribution in [3.8, 4) is 0 Å². The fourth-order valence-electron chi connectivity index (χ4n) is 2.04. The zero-order valence-corrected chi connectivity index (χ0v) is 10.7. The van der Waals surface area contributed by atoms with Crippen LogP contribution in [0.2, 0.25) is 0 Å². The lowest BCUT2D eigenvalue weighted by Crippen LogP contribution is -2.34. The van der Waals surface area contributed by atoms with Gasteiger partial charge in [-0.1, -0.05) is 0 Å². The number of aromatic nitrogens is 1. The second kappa shape index (κ2) is 5.79. The molecule has 1 unspecified atom stereocenters. The molecule has 0 saturated carbocycles. The van der Waals surface area contributed by atoms with E-state index in [1.807, 2.05) is 0 Å². The summed E-state index contributed by atoms with van der Waals surface area (Å²) >= 11 is 0. The third-order valence-electron chi connectivity index (χ3n) is 3.08. The van der Waals surface area contributed by atoms with Crippen LogP contribution in [0, 0.1) is 0 Å². The van der Waals surface area contributed by atoms with E-state index in [-0.39, 0.29) is 17.7 Å². The second-order valence-corrected chi connectivity index (χ2v) is 4.56. The van der Waals surface area contributed by atoms with Crippen molar-refractivity contribution in [2.45, 2.75) is 18.9 Å². The van der Waals surface area contributed by atoms with Crippen LogP contribution in [0.4, 0.5) is 0 Å².